The maximum atomic E-state index is 14.7. The molecule has 0 radical (unpaired) electrons. The molecule has 0 saturated heterocycles. The molecule has 0 saturated carbocycles. The maximum absolute atomic E-state index is 14.7. The van der Waals surface area contributed by atoms with Crippen molar-refractivity contribution < 1.29 is 18.4 Å². The second-order valence-corrected chi connectivity index (χ2v) is 8.87. The third-order valence-electron chi connectivity index (χ3n) is 5.04. The first kappa shape index (κ1) is 24.5. The highest BCUT2D eigenvalue weighted by molar-refractivity contribution is 9.10. The van der Waals surface area contributed by atoms with Gasteiger partial charge in [0.15, 0.2) is 0 Å². The molecule has 2 aromatic carbocycles. The molecule has 2 heterocycles. The third-order valence-corrected chi connectivity index (χ3v) is 5.70. The van der Waals surface area contributed by atoms with Gasteiger partial charge in [-0.3, -0.25) is 9.78 Å². The van der Waals surface area contributed by atoms with Crippen molar-refractivity contribution in [3.05, 3.63) is 76.5 Å². The molecule has 0 aliphatic carbocycles. The fourth-order valence-corrected chi connectivity index (χ4v) is 3.56. The summed E-state index contributed by atoms with van der Waals surface area (Å²) in [5.41, 5.74) is 2.17. The minimum atomic E-state index is -0.467. The molecule has 0 aliphatic rings. The monoisotopic (exact) mass is 539 g/mol. The van der Waals surface area contributed by atoms with Gasteiger partial charge in [-0.15, -0.1) is 0 Å². The number of halogens is 2. The van der Waals surface area contributed by atoms with Gasteiger partial charge in [-0.1, -0.05) is 11.2 Å². The summed E-state index contributed by atoms with van der Waals surface area (Å²) in [4.78, 5) is 23.2. The Morgan fingerprint density at radius 2 is 2.00 bits per heavy atom. The first-order chi connectivity index (χ1) is 16.8. The van der Waals surface area contributed by atoms with Crippen LogP contribution in [0.3, 0.4) is 0 Å². The molecule has 0 aliphatic heterocycles. The molecule has 1 amide bonds. The molecule has 10 heteroatoms. The van der Waals surface area contributed by atoms with Crippen LogP contribution in [0.2, 0.25) is 0 Å². The van der Waals surface area contributed by atoms with Gasteiger partial charge in [-0.2, -0.15) is 4.98 Å². The lowest BCUT2D eigenvalue weighted by atomic mass is 10.1. The standard InChI is InChI=1S/C25H23BrFN5O3/c1-15-29-24(31-35-15)16-4-7-19(21(27)12-16)22-9-6-18(14-28-22)30-25(33)17-5-8-20(26)23(13-17)34-11-10-32(2)3/h4-9,12-14H,10-11H2,1-3H3,(H,30,33). The predicted octanol–water partition coefficient (Wildman–Crippen LogP) is 5.20. The molecule has 180 valence electrons. The van der Waals surface area contributed by atoms with E-state index >= 15 is 0 Å². The van der Waals surface area contributed by atoms with Crippen molar-refractivity contribution in [3.63, 3.8) is 0 Å². The van der Waals surface area contributed by atoms with Crippen LogP contribution >= 0.6 is 15.9 Å². The lowest BCUT2D eigenvalue weighted by Crippen LogP contribution is -2.19. The van der Waals surface area contributed by atoms with E-state index in [4.69, 9.17) is 9.26 Å². The van der Waals surface area contributed by atoms with E-state index in [9.17, 15) is 9.18 Å². The molecule has 35 heavy (non-hydrogen) atoms. The number of aromatic nitrogens is 3. The minimum absolute atomic E-state index is 0.310. The van der Waals surface area contributed by atoms with E-state index in [0.29, 0.717) is 52.1 Å². The van der Waals surface area contributed by atoms with Gasteiger partial charge in [0.2, 0.25) is 11.7 Å². The Kier molecular flexibility index (Phi) is 7.52. The largest absolute Gasteiger partial charge is 0.491 e. The van der Waals surface area contributed by atoms with E-state index in [2.05, 4.69) is 36.4 Å². The van der Waals surface area contributed by atoms with Crippen LogP contribution in [0.15, 0.2) is 63.7 Å². The van der Waals surface area contributed by atoms with Crippen LogP contribution in [0.1, 0.15) is 16.2 Å². The zero-order valence-electron chi connectivity index (χ0n) is 19.4. The highest BCUT2D eigenvalue weighted by Gasteiger charge is 2.14. The van der Waals surface area contributed by atoms with Gasteiger partial charge in [0.1, 0.15) is 18.2 Å². The Labute approximate surface area is 210 Å². The predicted molar refractivity (Wildman–Crippen MR) is 134 cm³/mol. The summed E-state index contributed by atoms with van der Waals surface area (Å²) in [7, 11) is 3.92. The van der Waals surface area contributed by atoms with Crippen molar-refractivity contribution in [2.75, 3.05) is 32.6 Å². The summed E-state index contributed by atoms with van der Waals surface area (Å²) >= 11 is 3.45. The number of hydrogen-bond acceptors (Lipinski definition) is 7. The van der Waals surface area contributed by atoms with Crippen molar-refractivity contribution in [3.8, 4) is 28.4 Å². The molecule has 4 aromatic rings. The van der Waals surface area contributed by atoms with Crippen LogP contribution in [0.5, 0.6) is 5.75 Å². The van der Waals surface area contributed by atoms with Crippen LogP contribution in [0.4, 0.5) is 10.1 Å². The average molecular weight is 540 g/mol. The number of rotatable bonds is 8. The van der Waals surface area contributed by atoms with Crippen molar-refractivity contribution in [2.24, 2.45) is 0 Å². The zero-order chi connectivity index (χ0) is 24.9. The minimum Gasteiger partial charge on any atom is -0.491 e. The number of amides is 1. The Hall–Kier alpha value is -3.63. The Morgan fingerprint density at radius 1 is 1.17 bits per heavy atom. The molecule has 0 bridgehead atoms. The van der Waals surface area contributed by atoms with Gasteiger partial charge in [0.05, 0.1) is 22.1 Å². The number of pyridine rings is 1. The number of nitrogens with zero attached hydrogens (tertiary/aromatic N) is 4. The first-order valence-corrected chi connectivity index (χ1v) is 11.5. The summed E-state index contributed by atoms with van der Waals surface area (Å²) < 4.78 is 26.2. The topological polar surface area (TPSA) is 93.4 Å². The number of ether oxygens (including phenoxy) is 1. The first-order valence-electron chi connectivity index (χ1n) is 10.8. The van der Waals surface area contributed by atoms with Gasteiger partial charge in [0.25, 0.3) is 5.91 Å². The van der Waals surface area contributed by atoms with Gasteiger partial charge in [-0.05, 0) is 72.5 Å². The molecule has 0 spiro atoms. The molecule has 4 rings (SSSR count). The normalized spacial score (nSPS) is 11.0. The number of aryl methyl sites for hydroxylation is 1. The fraction of sp³-hybridized carbons (Fsp3) is 0.200. The van der Waals surface area contributed by atoms with E-state index < -0.39 is 5.82 Å². The SMILES string of the molecule is Cc1nc(-c2ccc(-c3ccc(NC(=O)c4ccc(Br)c(OCCN(C)C)c4)cn3)c(F)c2)no1. The summed E-state index contributed by atoms with van der Waals surface area (Å²) in [5.74, 6) is 0.530. The van der Waals surface area contributed by atoms with Crippen molar-refractivity contribution in [1.29, 1.82) is 0 Å². The molecular formula is C25H23BrFN5O3. The van der Waals surface area contributed by atoms with Gasteiger partial charge >= 0.3 is 0 Å². The van der Waals surface area contributed by atoms with E-state index in [1.54, 1.807) is 49.4 Å². The molecule has 1 N–H and O–H groups in total. The van der Waals surface area contributed by atoms with Gasteiger partial charge in [0, 0.05) is 30.2 Å². The second kappa shape index (κ2) is 10.7. The molecular weight excluding hydrogens is 517 g/mol. The summed E-state index contributed by atoms with van der Waals surface area (Å²) in [6.45, 7) is 2.91. The number of carbonyl (C=O) groups is 1. The van der Waals surface area contributed by atoms with Crippen LogP contribution in [-0.2, 0) is 0 Å². The Morgan fingerprint density at radius 3 is 2.66 bits per heavy atom. The number of benzene rings is 2. The average Bonchev–Trinajstić information content (AvgIpc) is 3.27. The van der Waals surface area contributed by atoms with E-state index in [1.165, 1.54) is 12.3 Å². The number of hydrogen-bond donors (Lipinski definition) is 1. The summed E-state index contributed by atoms with van der Waals surface area (Å²) in [5, 5.41) is 6.61. The zero-order valence-corrected chi connectivity index (χ0v) is 21.0. The van der Waals surface area contributed by atoms with Gasteiger partial charge < -0.3 is 19.5 Å². The molecule has 2 aromatic heterocycles. The number of carbonyl (C=O) groups excluding carboxylic acids is 1. The lowest BCUT2D eigenvalue weighted by Gasteiger charge is -2.13. The Bertz CT molecular complexity index is 1340. The van der Waals surface area contributed by atoms with E-state index in [-0.39, 0.29) is 5.91 Å². The number of nitrogens with one attached hydrogen (secondary N) is 1. The van der Waals surface area contributed by atoms with Crippen molar-refractivity contribution in [1.82, 2.24) is 20.0 Å². The maximum Gasteiger partial charge on any atom is 0.255 e. The smallest absolute Gasteiger partial charge is 0.255 e. The summed E-state index contributed by atoms with van der Waals surface area (Å²) in [6.07, 6.45) is 1.48. The van der Waals surface area contributed by atoms with Crippen molar-refractivity contribution >= 4 is 27.5 Å². The van der Waals surface area contributed by atoms with Gasteiger partial charge in [-0.25, -0.2) is 4.39 Å². The Balaban J connectivity index is 1.44. The molecule has 0 fully saturated rings. The van der Waals surface area contributed by atoms with Crippen LogP contribution in [0, 0.1) is 12.7 Å². The molecule has 0 atom stereocenters. The van der Waals surface area contributed by atoms with Crippen molar-refractivity contribution in [2.45, 2.75) is 6.92 Å². The molecule has 0 unspecified atom stereocenters. The third kappa shape index (κ3) is 6.09. The highest BCUT2D eigenvalue weighted by Crippen LogP contribution is 2.28. The van der Waals surface area contributed by atoms with Crippen LogP contribution in [0.25, 0.3) is 22.6 Å². The highest BCUT2D eigenvalue weighted by atomic mass is 79.9. The fourth-order valence-electron chi connectivity index (χ4n) is 3.20. The molecule has 8 nitrogen and oxygen atoms in total. The number of likely N-dealkylation sites (N-methyl/N-ethyl adjacent to an activating group) is 1. The summed E-state index contributed by atoms with van der Waals surface area (Å²) in [6, 6.07) is 13.1. The van der Waals surface area contributed by atoms with Crippen LogP contribution < -0.4 is 10.1 Å². The van der Waals surface area contributed by atoms with E-state index in [1.807, 2.05) is 19.0 Å². The number of anilines is 1. The quantitative estimate of drug-likeness (QED) is 0.328. The van der Waals surface area contributed by atoms with Crippen LogP contribution in [-0.4, -0.2) is 53.2 Å². The lowest BCUT2D eigenvalue weighted by molar-refractivity contribution is 0.102. The van der Waals surface area contributed by atoms with E-state index in [0.717, 1.165) is 11.0 Å². The second-order valence-electron chi connectivity index (χ2n) is 8.01.